The molecule has 5 nitrogen and oxygen atoms in total. The number of hydrogen-bond donors (Lipinski definition) is 0. The number of carbonyl (C=O) groups excluding carboxylic acids is 1. The minimum Gasteiger partial charge on any atom is -0.462 e. The molecule has 0 saturated heterocycles. The molecule has 8 heteroatoms. The van der Waals surface area contributed by atoms with Crippen molar-refractivity contribution in [3.05, 3.63) is 105 Å². The van der Waals surface area contributed by atoms with Gasteiger partial charge < -0.3 is 9.15 Å². The molecule has 5 aromatic rings. The minimum absolute atomic E-state index is 0.0929. The van der Waals surface area contributed by atoms with Crippen molar-refractivity contribution in [2.24, 2.45) is 0 Å². The van der Waals surface area contributed by atoms with Gasteiger partial charge in [-0.3, -0.25) is 0 Å². The monoisotopic (exact) mass is 549 g/mol. The Morgan fingerprint density at radius 3 is 2.62 bits per heavy atom. The van der Waals surface area contributed by atoms with E-state index in [0.717, 1.165) is 39.2 Å². The third-order valence-electron chi connectivity index (χ3n) is 5.78. The molecule has 0 bridgehead atoms. The number of pyridine rings is 1. The summed E-state index contributed by atoms with van der Waals surface area (Å²) in [4.78, 5) is 30.5. The predicted octanol–water partition coefficient (Wildman–Crippen LogP) is 8.04. The van der Waals surface area contributed by atoms with Crippen LogP contribution in [-0.4, -0.2) is 23.3 Å². The van der Waals surface area contributed by atoms with E-state index in [1.807, 2.05) is 36.4 Å². The summed E-state index contributed by atoms with van der Waals surface area (Å²) in [5.74, 6) is 0.147. The summed E-state index contributed by atoms with van der Waals surface area (Å²) in [5, 5.41) is 2.87. The van der Waals surface area contributed by atoms with Gasteiger partial charge in [0, 0.05) is 26.3 Å². The molecule has 0 radical (unpaired) electrons. The standard InChI is InChI=1S/C29H21Cl2NO4S/c30-19-11-12-20(23(31)16-19)25-17-27(21-8-2-3-9-24(21)32-25)37-14-6-5-13-35-28(33)22-15-18-7-1-4-10-26(18)36-29(22)34/h1-4,7-12,15-17H,5-6,13-14H2. The molecule has 0 N–H and O–H groups in total. The molecule has 0 aliphatic rings. The Morgan fingerprint density at radius 1 is 0.946 bits per heavy atom. The molecule has 0 aliphatic carbocycles. The van der Waals surface area contributed by atoms with Crippen LogP contribution < -0.4 is 5.63 Å². The van der Waals surface area contributed by atoms with Gasteiger partial charge in [0.1, 0.15) is 11.1 Å². The minimum atomic E-state index is -0.694. The van der Waals surface area contributed by atoms with E-state index in [-0.39, 0.29) is 12.2 Å². The van der Waals surface area contributed by atoms with Crippen molar-refractivity contribution in [2.45, 2.75) is 17.7 Å². The molecule has 0 aliphatic heterocycles. The van der Waals surface area contributed by atoms with Gasteiger partial charge in [-0.2, -0.15) is 0 Å². The molecule has 0 fully saturated rings. The van der Waals surface area contributed by atoms with Crippen LogP contribution >= 0.6 is 35.0 Å². The zero-order chi connectivity index (χ0) is 25.8. The van der Waals surface area contributed by atoms with E-state index in [1.54, 1.807) is 42.1 Å². The summed E-state index contributed by atoms with van der Waals surface area (Å²) in [5.41, 5.74) is 2.14. The van der Waals surface area contributed by atoms with Crippen LogP contribution in [0.1, 0.15) is 23.2 Å². The number of aromatic nitrogens is 1. The fraction of sp³-hybridized carbons (Fsp3) is 0.138. The maximum absolute atomic E-state index is 12.4. The Labute approximate surface area is 227 Å². The smallest absolute Gasteiger partial charge is 0.351 e. The van der Waals surface area contributed by atoms with E-state index < -0.39 is 11.6 Å². The van der Waals surface area contributed by atoms with Gasteiger partial charge in [-0.1, -0.05) is 59.6 Å². The first-order chi connectivity index (χ1) is 18.0. The summed E-state index contributed by atoms with van der Waals surface area (Å²) in [7, 11) is 0. The van der Waals surface area contributed by atoms with Crippen LogP contribution in [0, 0.1) is 0 Å². The van der Waals surface area contributed by atoms with Crippen LogP contribution in [0.2, 0.25) is 10.0 Å². The number of nitrogens with zero attached hydrogens (tertiary/aromatic N) is 1. The Balaban J connectivity index is 1.21. The van der Waals surface area contributed by atoms with Crippen LogP contribution in [0.4, 0.5) is 0 Å². The van der Waals surface area contributed by atoms with Crippen molar-refractivity contribution in [3.8, 4) is 11.3 Å². The molecule has 0 amide bonds. The lowest BCUT2D eigenvalue weighted by molar-refractivity contribution is 0.0495. The quantitative estimate of drug-likeness (QED) is 0.0843. The van der Waals surface area contributed by atoms with Crippen LogP contribution in [0.25, 0.3) is 33.1 Å². The lowest BCUT2D eigenvalue weighted by Gasteiger charge is -2.11. The number of ether oxygens (including phenoxy) is 1. The van der Waals surface area contributed by atoms with Gasteiger partial charge >= 0.3 is 11.6 Å². The third kappa shape index (κ3) is 5.82. The first-order valence-electron chi connectivity index (χ1n) is 11.7. The van der Waals surface area contributed by atoms with Crippen molar-refractivity contribution in [2.75, 3.05) is 12.4 Å². The average Bonchev–Trinajstić information content (AvgIpc) is 2.90. The Bertz CT molecular complexity index is 1670. The van der Waals surface area contributed by atoms with Gasteiger partial charge in [-0.05, 0) is 61.1 Å². The van der Waals surface area contributed by atoms with Crippen molar-refractivity contribution in [1.29, 1.82) is 0 Å². The Hall–Kier alpha value is -3.32. The van der Waals surface area contributed by atoms with Gasteiger partial charge in [0.2, 0.25) is 0 Å². The highest BCUT2D eigenvalue weighted by Gasteiger charge is 2.15. The Kier molecular flexibility index (Phi) is 7.79. The largest absolute Gasteiger partial charge is 0.462 e. The molecule has 186 valence electrons. The number of rotatable bonds is 8. The predicted molar refractivity (Wildman–Crippen MR) is 150 cm³/mol. The number of hydrogen-bond acceptors (Lipinski definition) is 6. The molecule has 0 saturated carbocycles. The summed E-state index contributed by atoms with van der Waals surface area (Å²) in [6.07, 6.45) is 1.48. The number of fused-ring (bicyclic) bond motifs is 2. The van der Waals surface area contributed by atoms with Gasteiger partial charge in [-0.15, -0.1) is 11.8 Å². The molecule has 0 spiro atoms. The van der Waals surface area contributed by atoms with E-state index in [1.165, 1.54) is 6.07 Å². The summed E-state index contributed by atoms with van der Waals surface area (Å²) < 4.78 is 10.6. The van der Waals surface area contributed by atoms with Crippen molar-refractivity contribution >= 4 is 62.8 Å². The number of halogens is 2. The van der Waals surface area contributed by atoms with Gasteiger partial charge in [0.15, 0.2) is 0 Å². The summed E-state index contributed by atoms with van der Waals surface area (Å²) in [6, 6.07) is 24.0. The van der Waals surface area contributed by atoms with Gasteiger partial charge in [0.05, 0.1) is 22.8 Å². The molecule has 0 atom stereocenters. The number of thioether (sulfide) groups is 1. The van der Waals surface area contributed by atoms with Crippen LogP contribution in [0.5, 0.6) is 0 Å². The number of unbranched alkanes of at least 4 members (excludes halogenated alkanes) is 1. The fourth-order valence-electron chi connectivity index (χ4n) is 3.93. The van der Waals surface area contributed by atoms with Gasteiger partial charge in [0.25, 0.3) is 0 Å². The van der Waals surface area contributed by atoms with Crippen molar-refractivity contribution < 1.29 is 13.9 Å². The molecule has 3 aromatic carbocycles. The number of carbonyl (C=O) groups is 1. The van der Waals surface area contributed by atoms with Gasteiger partial charge in [-0.25, -0.2) is 14.6 Å². The second kappa shape index (κ2) is 11.4. The highest BCUT2D eigenvalue weighted by Crippen LogP contribution is 2.35. The van der Waals surface area contributed by atoms with E-state index >= 15 is 0 Å². The van der Waals surface area contributed by atoms with E-state index in [0.29, 0.717) is 27.4 Å². The highest BCUT2D eigenvalue weighted by molar-refractivity contribution is 7.99. The van der Waals surface area contributed by atoms with Crippen molar-refractivity contribution in [1.82, 2.24) is 4.98 Å². The lowest BCUT2D eigenvalue weighted by Crippen LogP contribution is -2.17. The number of benzene rings is 3. The maximum atomic E-state index is 12.4. The average molecular weight is 550 g/mol. The van der Waals surface area contributed by atoms with E-state index in [2.05, 4.69) is 6.07 Å². The molecule has 5 rings (SSSR count). The molecule has 37 heavy (non-hydrogen) atoms. The second-order valence-corrected chi connectivity index (χ2v) is 10.3. The lowest BCUT2D eigenvalue weighted by atomic mass is 10.1. The topological polar surface area (TPSA) is 69.4 Å². The molecular formula is C29H21Cl2NO4S. The van der Waals surface area contributed by atoms with Crippen LogP contribution in [0.15, 0.2) is 93.0 Å². The Morgan fingerprint density at radius 2 is 1.76 bits per heavy atom. The second-order valence-electron chi connectivity index (χ2n) is 8.32. The van der Waals surface area contributed by atoms with Crippen LogP contribution in [0.3, 0.4) is 0 Å². The molecule has 2 aromatic heterocycles. The zero-order valence-electron chi connectivity index (χ0n) is 19.6. The first kappa shape index (κ1) is 25.3. The fourth-order valence-corrected chi connectivity index (χ4v) is 5.53. The summed E-state index contributed by atoms with van der Waals surface area (Å²) in [6.45, 7) is 0.217. The molecular weight excluding hydrogens is 529 g/mol. The van der Waals surface area contributed by atoms with E-state index in [9.17, 15) is 9.59 Å². The maximum Gasteiger partial charge on any atom is 0.351 e. The normalized spacial score (nSPS) is 11.2. The summed E-state index contributed by atoms with van der Waals surface area (Å²) >= 11 is 14.2. The van der Waals surface area contributed by atoms with E-state index in [4.69, 9.17) is 37.3 Å². The number of esters is 1. The highest BCUT2D eigenvalue weighted by atomic mass is 35.5. The SMILES string of the molecule is O=C(OCCCCSc1cc(-c2ccc(Cl)cc2Cl)nc2ccccc12)c1cc2ccccc2oc1=O. The van der Waals surface area contributed by atoms with Crippen LogP contribution in [-0.2, 0) is 4.74 Å². The molecule has 2 heterocycles. The van der Waals surface area contributed by atoms with Crippen molar-refractivity contribution in [3.63, 3.8) is 0 Å². The number of para-hydroxylation sites is 2. The first-order valence-corrected chi connectivity index (χ1v) is 13.4. The molecule has 0 unspecified atom stereocenters. The zero-order valence-corrected chi connectivity index (χ0v) is 21.9. The third-order valence-corrected chi connectivity index (χ3v) is 7.47.